The van der Waals surface area contributed by atoms with Crippen LogP contribution in [0, 0.1) is 0 Å². The molecule has 0 bridgehead atoms. The first-order chi connectivity index (χ1) is 7.17. The number of aromatic hydroxyl groups is 1. The molecule has 0 fully saturated rings. The third-order valence-electron chi connectivity index (χ3n) is 1.89. The second-order valence-electron chi connectivity index (χ2n) is 2.99. The van der Waals surface area contributed by atoms with Crippen LogP contribution in [0.15, 0.2) is 24.3 Å². The molecule has 0 aliphatic heterocycles. The van der Waals surface area contributed by atoms with Gasteiger partial charge >= 0.3 is 5.97 Å². The summed E-state index contributed by atoms with van der Waals surface area (Å²) < 4.78 is 4.89. The Hall–Kier alpha value is -1.84. The van der Waals surface area contributed by atoms with Crippen LogP contribution in [0.2, 0.25) is 0 Å². The van der Waals surface area contributed by atoms with Crippen LogP contribution in [0.4, 0.5) is 0 Å². The highest BCUT2D eigenvalue weighted by Gasteiger charge is 2.14. The number of rotatable bonds is 4. The molecular formula is C11H12O4. The average Bonchev–Trinajstić information content (AvgIpc) is 2.27. The molecule has 0 spiro atoms. The lowest BCUT2D eigenvalue weighted by Gasteiger charge is -2.11. The number of carbonyl (C=O) groups is 2. The Kier molecular flexibility index (Phi) is 3.85. The minimum absolute atomic E-state index is 0.102. The minimum atomic E-state index is -0.891. The van der Waals surface area contributed by atoms with Gasteiger partial charge in [0.25, 0.3) is 0 Å². The van der Waals surface area contributed by atoms with Crippen LogP contribution < -0.4 is 0 Å². The van der Waals surface area contributed by atoms with Crippen molar-refractivity contribution in [3.8, 4) is 5.75 Å². The van der Waals surface area contributed by atoms with Gasteiger partial charge in [-0.3, -0.25) is 9.59 Å². The van der Waals surface area contributed by atoms with Crippen molar-refractivity contribution in [2.45, 2.75) is 19.4 Å². The van der Waals surface area contributed by atoms with E-state index in [0.29, 0.717) is 11.8 Å². The number of aldehydes is 1. The highest BCUT2D eigenvalue weighted by Crippen LogP contribution is 2.18. The topological polar surface area (TPSA) is 63.6 Å². The maximum absolute atomic E-state index is 11.0. The standard InChI is InChI=1S/C11H12O4/c1-2-11(14)15-10(7-12)8-3-5-9(13)6-4-8/h3-7,10,13H,2H2,1H3. The molecule has 0 aliphatic rings. The largest absolute Gasteiger partial charge is 0.508 e. The lowest BCUT2D eigenvalue weighted by atomic mass is 10.1. The number of phenols is 1. The van der Waals surface area contributed by atoms with Crippen molar-refractivity contribution < 1.29 is 19.4 Å². The molecule has 15 heavy (non-hydrogen) atoms. The summed E-state index contributed by atoms with van der Waals surface area (Å²) in [6.07, 6.45) is -0.111. The molecule has 0 saturated carbocycles. The fraction of sp³-hybridized carbons (Fsp3) is 0.273. The SMILES string of the molecule is CCC(=O)OC(C=O)c1ccc(O)cc1. The average molecular weight is 208 g/mol. The zero-order chi connectivity index (χ0) is 11.3. The van der Waals surface area contributed by atoms with Gasteiger partial charge in [0, 0.05) is 6.42 Å². The normalized spacial score (nSPS) is 11.8. The predicted octanol–water partition coefficient (Wildman–Crippen LogP) is 1.59. The van der Waals surface area contributed by atoms with Crippen LogP contribution in [-0.2, 0) is 14.3 Å². The van der Waals surface area contributed by atoms with Crippen LogP contribution in [0.1, 0.15) is 25.0 Å². The van der Waals surface area contributed by atoms with Gasteiger partial charge in [0.1, 0.15) is 5.75 Å². The number of esters is 1. The maximum Gasteiger partial charge on any atom is 0.306 e. The number of hydrogen-bond acceptors (Lipinski definition) is 4. The Labute approximate surface area is 87.5 Å². The molecule has 0 aliphatic carbocycles. The summed E-state index contributed by atoms with van der Waals surface area (Å²) >= 11 is 0. The van der Waals surface area contributed by atoms with Gasteiger partial charge in [0.15, 0.2) is 12.4 Å². The molecule has 0 amide bonds. The Morgan fingerprint density at radius 2 is 2.07 bits per heavy atom. The van der Waals surface area contributed by atoms with Crippen molar-refractivity contribution in [3.05, 3.63) is 29.8 Å². The molecule has 0 aromatic heterocycles. The van der Waals surface area contributed by atoms with Crippen LogP contribution >= 0.6 is 0 Å². The van der Waals surface area contributed by atoms with Crippen LogP contribution in [0.25, 0.3) is 0 Å². The number of benzene rings is 1. The van der Waals surface area contributed by atoms with E-state index in [1.807, 2.05) is 0 Å². The van der Waals surface area contributed by atoms with E-state index >= 15 is 0 Å². The molecule has 4 heteroatoms. The van der Waals surface area contributed by atoms with Crippen molar-refractivity contribution in [3.63, 3.8) is 0 Å². The quantitative estimate of drug-likeness (QED) is 0.602. The second kappa shape index (κ2) is 5.14. The van der Waals surface area contributed by atoms with Gasteiger partial charge in [-0.15, -0.1) is 0 Å². The summed E-state index contributed by atoms with van der Waals surface area (Å²) in [5, 5.41) is 9.04. The van der Waals surface area contributed by atoms with Crippen molar-refractivity contribution in [1.82, 2.24) is 0 Å². The van der Waals surface area contributed by atoms with E-state index in [-0.39, 0.29) is 12.2 Å². The van der Waals surface area contributed by atoms with Crippen LogP contribution in [0.3, 0.4) is 0 Å². The Morgan fingerprint density at radius 1 is 1.47 bits per heavy atom. The summed E-state index contributed by atoms with van der Waals surface area (Å²) in [5.41, 5.74) is 0.546. The van der Waals surface area contributed by atoms with E-state index in [1.165, 1.54) is 24.3 Å². The van der Waals surface area contributed by atoms with Gasteiger partial charge < -0.3 is 9.84 Å². The predicted molar refractivity (Wildman–Crippen MR) is 53.3 cm³/mol. The van der Waals surface area contributed by atoms with Gasteiger partial charge in [-0.1, -0.05) is 19.1 Å². The maximum atomic E-state index is 11.0. The molecule has 1 aromatic carbocycles. The first-order valence-corrected chi connectivity index (χ1v) is 4.61. The summed E-state index contributed by atoms with van der Waals surface area (Å²) in [6, 6.07) is 5.95. The van der Waals surface area contributed by atoms with E-state index in [1.54, 1.807) is 6.92 Å². The van der Waals surface area contributed by atoms with Gasteiger partial charge in [-0.2, -0.15) is 0 Å². The number of hydrogen-bond donors (Lipinski definition) is 1. The van der Waals surface area contributed by atoms with E-state index in [9.17, 15) is 9.59 Å². The number of ether oxygens (including phenoxy) is 1. The highest BCUT2D eigenvalue weighted by molar-refractivity contribution is 5.73. The molecule has 1 atom stereocenters. The van der Waals surface area contributed by atoms with Gasteiger partial charge in [-0.05, 0) is 17.7 Å². The molecule has 80 valence electrons. The van der Waals surface area contributed by atoms with Gasteiger partial charge in [0.05, 0.1) is 0 Å². The molecule has 1 N–H and O–H groups in total. The zero-order valence-corrected chi connectivity index (χ0v) is 8.34. The molecule has 1 aromatic rings. The molecular weight excluding hydrogens is 196 g/mol. The van der Waals surface area contributed by atoms with Crippen molar-refractivity contribution in [1.29, 1.82) is 0 Å². The molecule has 1 rings (SSSR count). The Balaban J connectivity index is 2.78. The molecule has 1 unspecified atom stereocenters. The zero-order valence-electron chi connectivity index (χ0n) is 8.34. The van der Waals surface area contributed by atoms with E-state index in [0.717, 1.165) is 0 Å². The second-order valence-corrected chi connectivity index (χ2v) is 2.99. The van der Waals surface area contributed by atoms with Crippen LogP contribution in [-0.4, -0.2) is 17.4 Å². The summed E-state index contributed by atoms with van der Waals surface area (Å²) in [7, 11) is 0. The van der Waals surface area contributed by atoms with Crippen molar-refractivity contribution >= 4 is 12.3 Å². The molecule has 4 nitrogen and oxygen atoms in total. The highest BCUT2D eigenvalue weighted by atomic mass is 16.5. The summed E-state index contributed by atoms with van der Waals surface area (Å²) in [6.45, 7) is 1.65. The van der Waals surface area contributed by atoms with Crippen molar-refractivity contribution in [2.24, 2.45) is 0 Å². The van der Waals surface area contributed by atoms with E-state index in [4.69, 9.17) is 9.84 Å². The van der Waals surface area contributed by atoms with Gasteiger partial charge in [0.2, 0.25) is 0 Å². The molecule has 0 radical (unpaired) electrons. The van der Waals surface area contributed by atoms with E-state index in [2.05, 4.69) is 0 Å². The fourth-order valence-corrected chi connectivity index (χ4v) is 1.06. The number of phenolic OH excluding ortho intramolecular Hbond substituents is 1. The lowest BCUT2D eigenvalue weighted by Crippen LogP contribution is -2.11. The van der Waals surface area contributed by atoms with Gasteiger partial charge in [-0.25, -0.2) is 0 Å². The third kappa shape index (κ3) is 3.09. The summed E-state index contributed by atoms with van der Waals surface area (Å²) in [4.78, 5) is 21.7. The Morgan fingerprint density at radius 3 is 2.53 bits per heavy atom. The first-order valence-electron chi connectivity index (χ1n) is 4.61. The fourth-order valence-electron chi connectivity index (χ4n) is 1.06. The molecule has 0 saturated heterocycles. The van der Waals surface area contributed by atoms with E-state index < -0.39 is 12.1 Å². The Bertz CT molecular complexity index is 342. The molecule has 0 heterocycles. The van der Waals surface area contributed by atoms with Crippen molar-refractivity contribution in [2.75, 3.05) is 0 Å². The third-order valence-corrected chi connectivity index (χ3v) is 1.89. The first kappa shape index (κ1) is 11.2. The van der Waals surface area contributed by atoms with Crippen LogP contribution in [0.5, 0.6) is 5.75 Å². The monoisotopic (exact) mass is 208 g/mol. The summed E-state index contributed by atoms with van der Waals surface area (Å²) in [5.74, 6) is -0.328. The minimum Gasteiger partial charge on any atom is -0.508 e. The lowest BCUT2D eigenvalue weighted by molar-refractivity contribution is -0.151. The smallest absolute Gasteiger partial charge is 0.306 e. The number of carbonyl (C=O) groups excluding carboxylic acids is 2.